The van der Waals surface area contributed by atoms with E-state index in [4.69, 9.17) is 19.4 Å². The Morgan fingerprint density at radius 2 is 1.03 bits per heavy atom. The maximum atomic E-state index is 13.4. The first-order chi connectivity index (χ1) is 35.5. The van der Waals surface area contributed by atoms with Gasteiger partial charge >= 0.3 is 11.9 Å². The van der Waals surface area contributed by atoms with Crippen molar-refractivity contribution in [2.45, 2.75) is 185 Å². The van der Waals surface area contributed by atoms with E-state index in [1.807, 2.05) is 0 Å². The molecule has 12 rings (SSSR count). The number of likely N-dealkylation sites (tertiary alicyclic amines) is 2. The van der Waals surface area contributed by atoms with Crippen LogP contribution < -0.4 is 21.3 Å². The molecule has 2 saturated heterocycles. The number of hydrogen-bond donors (Lipinski definition) is 6. The highest BCUT2D eigenvalue weighted by Gasteiger charge is 2.48. The molecule has 0 spiro atoms. The van der Waals surface area contributed by atoms with Crippen molar-refractivity contribution < 1.29 is 38.9 Å². The number of nitrogens with one attached hydrogen (secondary N) is 4. The molecule has 10 aliphatic rings. The number of carbonyl (C=O) groups excluding carboxylic acids is 2. The molecule has 73 heavy (non-hydrogen) atoms. The summed E-state index contributed by atoms with van der Waals surface area (Å²) in [4.78, 5) is 66.7. The Hall–Kier alpha value is -4.38. The quantitative estimate of drug-likeness (QED) is 0.0648. The third-order valence-corrected chi connectivity index (χ3v) is 18.8. The van der Waals surface area contributed by atoms with E-state index < -0.39 is 34.9 Å². The van der Waals surface area contributed by atoms with E-state index in [0.29, 0.717) is 0 Å². The molecule has 6 aliphatic carbocycles. The summed E-state index contributed by atoms with van der Waals surface area (Å²) in [5, 5.41) is 33.2. The summed E-state index contributed by atoms with van der Waals surface area (Å²) in [6.07, 6.45) is 24.1. The van der Waals surface area contributed by atoms with Gasteiger partial charge in [0.15, 0.2) is 12.1 Å². The number of hydrogen-bond acceptors (Lipinski definition) is 12. The molecule has 4 atom stereocenters. The van der Waals surface area contributed by atoms with E-state index in [2.05, 4.69) is 43.2 Å². The lowest BCUT2D eigenvalue weighted by molar-refractivity contribution is -0.149. The van der Waals surface area contributed by atoms with E-state index in [-0.39, 0.29) is 37.2 Å². The van der Waals surface area contributed by atoms with Crippen LogP contribution in [0.15, 0.2) is 12.1 Å². The molecular weight excluding hydrogens is 925 g/mol. The number of piperidine rings is 2. The van der Waals surface area contributed by atoms with Crippen LogP contribution in [0.4, 0.5) is 11.6 Å². The van der Waals surface area contributed by atoms with Crippen LogP contribution in [-0.2, 0) is 54.3 Å². The second-order valence-corrected chi connectivity index (χ2v) is 23.6. The van der Waals surface area contributed by atoms with Crippen molar-refractivity contribution in [3.05, 3.63) is 34.6 Å². The van der Waals surface area contributed by atoms with Gasteiger partial charge in [0.25, 0.3) is 0 Å². The Kier molecular flexibility index (Phi) is 16.9. The van der Waals surface area contributed by atoms with Gasteiger partial charge in [-0.3, -0.25) is 9.59 Å². The number of ether oxygens (including phenoxy) is 2. The van der Waals surface area contributed by atoms with Crippen LogP contribution in [0.1, 0.15) is 157 Å². The Morgan fingerprint density at radius 3 is 1.47 bits per heavy atom. The average Bonchev–Trinajstić information content (AvgIpc) is 3.42. The summed E-state index contributed by atoms with van der Waals surface area (Å²) in [6.45, 7) is 7.17. The largest absolute Gasteiger partial charge is 0.480 e. The van der Waals surface area contributed by atoms with Gasteiger partial charge in [-0.2, -0.15) is 0 Å². The van der Waals surface area contributed by atoms with Crippen LogP contribution in [0.2, 0.25) is 0 Å². The van der Waals surface area contributed by atoms with Crippen molar-refractivity contribution in [1.82, 2.24) is 30.4 Å². The molecule has 2 aromatic rings. The second-order valence-electron chi connectivity index (χ2n) is 23.6. The average molecular weight is 1010 g/mol. The lowest BCUT2D eigenvalue weighted by atomic mass is 9.60. The number of carboxylic acids is 2. The van der Waals surface area contributed by atoms with Crippen LogP contribution in [0.25, 0.3) is 11.1 Å². The molecule has 6 N–H and O–H groups in total. The smallest absolute Gasteiger partial charge is 0.328 e. The predicted molar refractivity (Wildman–Crippen MR) is 280 cm³/mol. The van der Waals surface area contributed by atoms with Crippen molar-refractivity contribution in [2.75, 3.05) is 76.2 Å². The first kappa shape index (κ1) is 52.1. The van der Waals surface area contributed by atoms with E-state index >= 15 is 0 Å². The molecular formula is C57H84N8O8. The van der Waals surface area contributed by atoms with Gasteiger partial charge in [-0.25, -0.2) is 19.6 Å². The van der Waals surface area contributed by atoms with Crippen LogP contribution >= 0.6 is 0 Å². The summed E-state index contributed by atoms with van der Waals surface area (Å²) in [5.74, 6) is 1.23. The highest BCUT2D eigenvalue weighted by Crippen LogP contribution is 2.51. The first-order valence-corrected chi connectivity index (χ1v) is 28.8. The first-order valence-electron chi connectivity index (χ1n) is 28.8. The predicted octanol–water partition coefficient (Wildman–Crippen LogP) is 7.16. The number of nitrogens with zero attached hydrogens (tertiary/aromatic N) is 4. The van der Waals surface area contributed by atoms with Gasteiger partial charge in [-0.1, -0.05) is 0 Å². The topological polar surface area (TPSA) is 208 Å². The highest BCUT2D eigenvalue weighted by atomic mass is 16.5. The fourth-order valence-electron chi connectivity index (χ4n) is 14.2. The van der Waals surface area contributed by atoms with Gasteiger partial charge in [0, 0.05) is 59.5 Å². The number of carboxylic acid groups (broad SMARTS) is 2. The number of fused-ring (bicyclic) bond motifs is 8. The molecule has 6 heterocycles. The normalized spacial score (nSPS) is 28.7. The standard InChI is InChI=1S/C57H84N8O8/c66-52(67)48(62-54(70)56-20-14-38(15-21-56)16-22-56)36-72-42-10-6-30-64(34-42)28-2-1-8-40-32-46(44-12-3-26-58-50(44)60-40)47-33-41(61-51-45(47)13-4-27-59-51)9-5-29-65-31-7-11-43(35-65)73-37-49(53(68)69)63-55(71)57-23-17-39(18-24-57)19-25-57/h32-33,38-39,42-43,48-49H,1-31,34-37H2,(H,58,60)(H,59,61)(H,62,70)(H,63,71)(H,66,67)(H,68,69)/t38?,39?,42-,43-,48+,49+,56?,57?/m1/s1. The number of rotatable bonds is 22. The minimum Gasteiger partial charge on any atom is -0.480 e. The van der Waals surface area contributed by atoms with E-state index in [1.165, 1.54) is 22.3 Å². The number of unbranched alkanes of at least 4 members (excludes halogenated alkanes) is 1. The zero-order valence-corrected chi connectivity index (χ0v) is 43.5. The fourth-order valence-corrected chi connectivity index (χ4v) is 14.2. The van der Waals surface area contributed by atoms with Crippen LogP contribution in [0.3, 0.4) is 0 Å². The zero-order chi connectivity index (χ0) is 50.4. The fraction of sp³-hybridized carbons (Fsp3) is 0.754. The Labute approximate surface area is 432 Å². The van der Waals surface area contributed by atoms with Gasteiger partial charge in [-0.05, 0) is 222 Å². The van der Waals surface area contributed by atoms with Gasteiger partial charge in [0.2, 0.25) is 11.8 Å². The van der Waals surface area contributed by atoms with Gasteiger partial charge in [-0.15, -0.1) is 0 Å². The molecule has 0 aromatic carbocycles. The van der Waals surface area contributed by atoms with E-state index in [1.54, 1.807) is 0 Å². The number of amides is 2. The van der Waals surface area contributed by atoms with Gasteiger partial charge < -0.3 is 50.8 Å². The summed E-state index contributed by atoms with van der Waals surface area (Å²) in [6, 6.07) is 2.64. The highest BCUT2D eigenvalue weighted by molar-refractivity contribution is 5.88. The van der Waals surface area contributed by atoms with E-state index in [0.717, 1.165) is 248 Å². The molecule has 6 saturated carbocycles. The molecule has 16 nitrogen and oxygen atoms in total. The Bertz CT molecular complexity index is 2250. The van der Waals surface area contributed by atoms with Crippen molar-refractivity contribution in [3.63, 3.8) is 0 Å². The minimum atomic E-state index is -1.04. The number of carbonyl (C=O) groups is 4. The monoisotopic (exact) mass is 1010 g/mol. The summed E-state index contributed by atoms with van der Waals surface area (Å²) >= 11 is 0. The van der Waals surface area contributed by atoms with Crippen molar-refractivity contribution in [1.29, 1.82) is 0 Å². The van der Waals surface area contributed by atoms with Crippen molar-refractivity contribution in [2.24, 2.45) is 22.7 Å². The zero-order valence-electron chi connectivity index (χ0n) is 43.5. The summed E-state index contributed by atoms with van der Waals surface area (Å²) in [7, 11) is 0. The maximum absolute atomic E-state index is 13.4. The molecule has 400 valence electrons. The second kappa shape index (κ2) is 23.7. The van der Waals surface area contributed by atoms with Crippen LogP contribution in [0.5, 0.6) is 0 Å². The third kappa shape index (κ3) is 12.5. The molecule has 2 amide bonds. The van der Waals surface area contributed by atoms with Crippen molar-refractivity contribution >= 4 is 35.4 Å². The number of pyridine rings is 2. The molecule has 16 heteroatoms. The third-order valence-electron chi connectivity index (χ3n) is 18.8. The molecule has 4 bridgehead atoms. The SMILES string of the molecule is O=C(O)[C@H](CO[C@@H]1CCCN(CCCCc2cc(-c3cc(CCCN4CCC[C@@H](OC[C@H](NC(=O)C56CCC(CC5)CC6)C(=O)O)C4)nc4c3CCCN4)c3c(n2)NCCC3)C1)NC(=O)C12CCC(CC1)CC2. The lowest BCUT2D eigenvalue weighted by Gasteiger charge is -2.45. The number of aliphatic carboxylic acids is 2. The van der Waals surface area contributed by atoms with E-state index in [9.17, 15) is 29.4 Å². The van der Waals surface area contributed by atoms with Crippen LogP contribution in [0, 0.1) is 22.7 Å². The number of aryl methyl sites for hydroxylation is 2. The maximum Gasteiger partial charge on any atom is 0.328 e. The lowest BCUT2D eigenvalue weighted by Crippen LogP contribution is -2.53. The molecule has 0 radical (unpaired) electrons. The molecule has 2 aromatic heterocycles. The molecule has 0 unspecified atom stereocenters. The van der Waals surface area contributed by atoms with Crippen LogP contribution in [-0.4, -0.2) is 144 Å². The molecule has 4 aliphatic heterocycles. The Morgan fingerprint density at radius 1 is 0.603 bits per heavy atom. The van der Waals surface area contributed by atoms with Crippen molar-refractivity contribution in [3.8, 4) is 11.1 Å². The summed E-state index contributed by atoms with van der Waals surface area (Å²) in [5.41, 5.74) is 6.56. The number of aromatic nitrogens is 2. The number of anilines is 2. The van der Waals surface area contributed by atoms with Gasteiger partial charge in [0.05, 0.1) is 25.4 Å². The minimum absolute atomic E-state index is 0.00408. The Balaban J connectivity index is 0.713. The molecule has 8 fully saturated rings. The summed E-state index contributed by atoms with van der Waals surface area (Å²) < 4.78 is 12.5. The van der Waals surface area contributed by atoms with Gasteiger partial charge in [0.1, 0.15) is 11.6 Å².